The summed E-state index contributed by atoms with van der Waals surface area (Å²) in [6.07, 6.45) is 2.30. The second-order valence-electron chi connectivity index (χ2n) is 1.93. The number of anilines is 1. The van der Waals surface area contributed by atoms with Gasteiger partial charge in [0.1, 0.15) is 6.34 Å². The van der Waals surface area contributed by atoms with Gasteiger partial charge in [0.25, 0.3) is 0 Å². The van der Waals surface area contributed by atoms with Crippen LogP contribution in [0.15, 0.2) is 21.2 Å². The van der Waals surface area contributed by atoms with E-state index in [1.807, 2.05) is 0 Å². The Morgan fingerprint density at radius 2 is 2.25 bits per heavy atom. The summed E-state index contributed by atoms with van der Waals surface area (Å²) < 4.78 is 1.42. The minimum absolute atomic E-state index is 0.285. The van der Waals surface area contributed by atoms with Crippen molar-refractivity contribution in [1.82, 2.24) is 4.98 Å². The molecule has 64 valence electrons. The van der Waals surface area contributed by atoms with Crippen molar-refractivity contribution in [3.63, 3.8) is 0 Å². The highest BCUT2D eigenvalue weighted by atomic mass is 79.9. The van der Waals surface area contributed by atoms with Crippen LogP contribution in [0.1, 0.15) is 0 Å². The summed E-state index contributed by atoms with van der Waals surface area (Å²) in [6.45, 7) is 0. The van der Waals surface area contributed by atoms with E-state index in [1.54, 1.807) is 6.07 Å². The maximum Gasteiger partial charge on any atom is 0.173 e. The molecule has 2 N–H and O–H groups in total. The van der Waals surface area contributed by atoms with Gasteiger partial charge >= 0.3 is 0 Å². The lowest BCUT2D eigenvalue weighted by Gasteiger charge is -2.10. The molecule has 0 unspecified atom stereocenters. The number of rotatable bonds is 2. The van der Waals surface area contributed by atoms with Crippen LogP contribution < -0.4 is 5.06 Å². The number of nitrogens with one attached hydrogen (secondary N) is 1. The molecule has 0 atom stereocenters. The first-order valence-corrected chi connectivity index (χ1v) is 4.53. The normalized spacial score (nSPS) is 9.58. The van der Waals surface area contributed by atoms with Crippen LogP contribution in [0.3, 0.4) is 0 Å². The summed E-state index contributed by atoms with van der Waals surface area (Å²) in [5, 5.41) is 16.5. The molecule has 4 nitrogen and oxygen atoms in total. The van der Waals surface area contributed by atoms with Gasteiger partial charge < -0.3 is 0 Å². The number of hydrogen-bond acceptors (Lipinski definition) is 3. The lowest BCUT2D eigenvalue weighted by atomic mass is 10.5. The molecule has 0 aliphatic carbocycles. The Bertz CT molecular complexity index is 305. The Balaban J connectivity index is 3.09. The summed E-state index contributed by atoms with van der Waals surface area (Å²) >= 11 is 6.41. The molecule has 0 spiro atoms. The zero-order chi connectivity index (χ0) is 9.14. The molecule has 0 aromatic carbocycles. The van der Waals surface area contributed by atoms with Gasteiger partial charge in [-0.1, -0.05) is 0 Å². The van der Waals surface area contributed by atoms with Crippen molar-refractivity contribution in [2.24, 2.45) is 0 Å². The number of aromatic nitrogens is 1. The van der Waals surface area contributed by atoms with E-state index in [-0.39, 0.29) is 5.82 Å². The largest absolute Gasteiger partial charge is 0.289 e. The Hall–Kier alpha value is -0.460. The minimum atomic E-state index is 0.285. The van der Waals surface area contributed by atoms with Gasteiger partial charge in [-0.2, -0.15) is 5.06 Å². The van der Waals surface area contributed by atoms with Crippen LogP contribution in [-0.2, 0) is 0 Å². The zero-order valence-corrected chi connectivity index (χ0v) is 9.00. The monoisotopic (exact) mass is 293 g/mol. The van der Waals surface area contributed by atoms with E-state index < -0.39 is 0 Å². The van der Waals surface area contributed by atoms with E-state index in [0.717, 1.165) is 10.8 Å². The molecular formula is C6H5Br2N3O. The lowest BCUT2D eigenvalue weighted by molar-refractivity contribution is 0.312. The molecule has 0 aliphatic rings. The van der Waals surface area contributed by atoms with E-state index in [0.29, 0.717) is 9.54 Å². The number of hydroxylamine groups is 1. The molecule has 0 radical (unpaired) electrons. The smallest absolute Gasteiger partial charge is 0.173 e. The van der Waals surface area contributed by atoms with Gasteiger partial charge in [-0.3, -0.25) is 10.6 Å². The maximum absolute atomic E-state index is 9.08. The topological polar surface area (TPSA) is 60.2 Å². The molecule has 0 amide bonds. The SMILES string of the molecule is N=CN(O)c1ncc(Br)cc1Br. The van der Waals surface area contributed by atoms with E-state index in [2.05, 4.69) is 36.8 Å². The van der Waals surface area contributed by atoms with Gasteiger partial charge in [0.05, 0.1) is 4.47 Å². The molecule has 1 aromatic rings. The van der Waals surface area contributed by atoms with Gasteiger partial charge in [-0.25, -0.2) is 4.98 Å². The summed E-state index contributed by atoms with van der Waals surface area (Å²) in [4.78, 5) is 3.88. The minimum Gasteiger partial charge on any atom is -0.289 e. The standard InChI is InChI=1S/C6H5Br2N3O/c7-4-1-5(8)6(10-2-4)11(12)3-9/h1-3,9,12H. The van der Waals surface area contributed by atoms with E-state index >= 15 is 0 Å². The molecule has 0 saturated carbocycles. The average Bonchev–Trinajstić information content (AvgIpc) is 2.03. The van der Waals surface area contributed by atoms with Crippen LogP contribution >= 0.6 is 31.9 Å². The van der Waals surface area contributed by atoms with Gasteiger partial charge in [0, 0.05) is 10.7 Å². The Kier molecular flexibility index (Phi) is 3.19. The molecular weight excluding hydrogens is 290 g/mol. The first-order chi connectivity index (χ1) is 5.65. The van der Waals surface area contributed by atoms with Crippen molar-refractivity contribution >= 4 is 44.0 Å². The molecule has 1 aromatic heterocycles. The summed E-state index contributed by atoms with van der Waals surface area (Å²) in [5.41, 5.74) is 0. The second-order valence-corrected chi connectivity index (χ2v) is 3.70. The summed E-state index contributed by atoms with van der Waals surface area (Å²) in [7, 11) is 0. The lowest BCUT2D eigenvalue weighted by Crippen LogP contribution is -2.16. The average molecular weight is 295 g/mol. The quantitative estimate of drug-likeness (QED) is 0.500. The predicted octanol–water partition coefficient (Wildman–Crippen LogP) is 2.41. The predicted molar refractivity (Wildman–Crippen MR) is 52.7 cm³/mol. The summed E-state index contributed by atoms with van der Waals surface area (Å²) in [6, 6.07) is 1.73. The van der Waals surface area contributed by atoms with Crippen LogP contribution in [0.2, 0.25) is 0 Å². The fourth-order valence-electron chi connectivity index (χ4n) is 0.637. The molecule has 0 bridgehead atoms. The summed E-state index contributed by atoms with van der Waals surface area (Å²) in [5.74, 6) is 0.285. The third-order valence-corrected chi connectivity index (χ3v) is 2.14. The van der Waals surface area contributed by atoms with E-state index in [1.165, 1.54) is 6.20 Å². The molecule has 1 rings (SSSR count). The zero-order valence-electron chi connectivity index (χ0n) is 5.83. The van der Waals surface area contributed by atoms with E-state index in [4.69, 9.17) is 10.6 Å². The van der Waals surface area contributed by atoms with Gasteiger partial charge in [0.15, 0.2) is 5.82 Å². The second kappa shape index (κ2) is 3.97. The van der Waals surface area contributed by atoms with Gasteiger partial charge in [-0.05, 0) is 37.9 Å². The Morgan fingerprint density at radius 3 is 2.75 bits per heavy atom. The Labute approximate surface area is 85.9 Å². The first-order valence-electron chi connectivity index (χ1n) is 2.95. The van der Waals surface area contributed by atoms with Gasteiger partial charge in [-0.15, -0.1) is 0 Å². The fourth-order valence-corrected chi connectivity index (χ4v) is 1.81. The molecule has 0 saturated heterocycles. The highest BCUT2D eigenvalue weighted by Gasteiger charge is 2.06. The van der Waals surface area contributed by atoms with Gasteiger partial charge in [0.2, 0.25) is 0 Å². The number of nitrogens with zero attached hydrogens (tertiary/aromatic N) is 2. The van der Waals surface area contributed by atoms with Crippen LogP contribution in [0.5, 0.6) is 0 Å². The first kappa shape index (κ1) is 9.63. The third kappa shape index (κ3) is 2.02. The third-order valence-electron chi connectivity index (χ3n) is 1.13. The van der Waals surface area contributed by atoms with Crippen LogP contribution in [0.4, 0.5) is 5.82 Å². The van der Waals surface area contributed by atoms with Crippen molar-refractivity contribution in [3.05, 3.63) is 21.2 Å². The van der Waals surface area contributed by atoms with Crippen molar-refractivity contribution in [3.8, 4) is 0 Å². The number of hydrogen-bond donors (Lipinski definition) is 2. The molecule has 0 fully saturated rings. The highest BCUT2D eigenvalue weighted by Crippen LogP contribution is 2.24. The van der Waals surface area contributed by atoms with Crippen molar-refractivity contribution in [1.29, 1.82) is 5.41 Å². The molecule has 0 aliphatic heterocycles. The number of halogens is 2. The van der Waals surface area contributed by atoms with Crippen LogP contribution in [0, 0.1) is 5.41 Å². The maximum atomic E-state index is 9.08. The van der Waals surface area contributed by atoms with Crippen LogP contribution in [-0.4, -0.2) is 16.5 Å². The molecule has 1 heterocycles. The molecule has 12 heavy (non-hydrogen) atoms. The Morgan fingerprint density at radius 1 is 1.58 bits per heavy atom. The molecule has 6 heteroatoms. The number of pyridine rings is 1. The van der Waals surface area contributed by atoms with Crippen molar-refractivity contribution in [2.45, 2.75) is 0 Å². The van der Waals surface area contributed by atoms with Crippen molar-refractivity contribution < 1.29 is 5.21 Å². The van der Waals surface area contributed by atoms with Crippen LogP contribution in [0.25, 0.3) is 0 Å². The van der Waals surface area contributed by atoms with E-state index in [9.17, 15) is 0 Å². The fraction of sp³-hybridized carbons (Fsp3) is 0. The highest BCUT2D eigenvalue weighted by molar-refractivity contribution is 9.11. The van der Waals surface area contributed by atoms with Crippen molar-refractivity contribution in [2.75, 3.05) is 5.06 Å².